The highest BCUT2D eigenvalue weighted by Crippen LogP contribution is 2.63. The van der Waals surface area contributed by atoms with Crippen LogP contribution in [0.1, 0.15) is 17.5 Å². The van der Waals surface area contributed by atoms with E-state index < -0.39 is 40.4 Å². The van der Waals surface area contributed by atoms with E-state index in [1.807, 2.05) is 0 Å². The molecule has 0 amide bonds. The summed E-state index contributed by atoms with van der Waals surface area (Å²) in [5, 5.41) is 7.57. The summed E-state index contributed by atoms with van der Waals surface area (Å²) < 4.78 is 104. The van der Waals surface area contributed by atoms with Crippen LogP contribution in [0.15, 0.2) is 84.7 Å². The van der Waals surface area contributed by atoms with Crippen molar-refractivity contribution in [2.75, 3.05) is 5.73 Å². The molecule has 5 nitrogen and oxygen atoms in total. The molecule has 5 rings (SSSR count). The molecular formula is C27H18F6N2O3. The molecule has 2 aliphatic rings. The molecule has 0 atom stereocenters. The monoisotopic (exact) mass is 532 g/mol. The molecule has 1 aliphatic carbocycles. The Morgan fingerprint density at radius 3 is 1.76 bits per heavy atom. The third-order valence-electron chi connectivity index (χ3n) is 6.11. The number of allylic oxidation sites excluding steroid dienone is 3. The van der Waals surface area contributed by atoms with Gasteiger partial charge in [-0.05, 0) is 54.6 Å². The van der Waals surface area contributed by atoms with Gasteiger partial charge < -0.3 is 25.4 Å². The summed E-state index contributed by atoms with van der Waals surface area (Å²) in [5.74, 6) is -0.850. The zero-order chi connectivity index (χ0) is 27.3. The van der Waals surface area contributed by atoms with E-state index in [9.17, 15) is 26.3 Å². The van der Waals surface area contributed by atoms with Crippen molar-refractivity contribution in [2.24, 2.45) is 0 Å². The largest absolute Gasteiger partial charge is 0.458 e. The first-order valence-corrected chi connectivity index (χ1v) is 11.2. The van der Waals surface area contributed by atoms with Crippen molar-refractivity contribution in [3.8, 4) is 28.7 Å². The van der Waals surface area contributed by atoms with E-state index in [4.69, 9.17) is 25.4 Å². The van der Waals surface area contributed by atoms with Crippen molar-refractivity contribution in [3.63, 3.8) is 0 Å². The fourth-order valence-corrected chi connectivity index (χ4v) is 4.37. The molecule has 0 spiro atoms. The van der Waals surface area contributed by atoms with Crippen LogP contribution in [0.4, 0.5) is 32.0 Å². The number of benzene rings is 3. The maximum Gasteiger partial charge on any atom is 0.411 e. The standard InChI is InChI=1S/C27H18F6N2O3/c28-26(29,30)25(27(31,32)33)21-11-9-19(36-17-5-1-15(34)2-6-17)13-23(21)38-24-14-20(10-12-22(24)25)37-18-7-3-16(35)4-8-18/h1-3,5-14,35H,4,34H2. The van der Waals surface area contributed by atoms with Gasteiger partial charge in [-0.15, -0.1) is 0 Å². The Hall–Kier alpha value is -4.41. The molecular weight excluding hydrogens is 514 g/mol. The minimum absolute atomic E-state index is 0.0379. The second-order valence-corrected chi connectivity index (χ2v) is 8.61. The highest BCUT2D eigenvalue weighted by atomic mass is 19.4. The van der Waals surface area contributed by atoms with E-state index in [0.717, 1.165) is 24.3 Å². The molecule has 0 saturated heterocycles. The Morgan fingerprint density at radius 1 is 0.737 bits per heavy atom. The van der Waals surface area contributed by atoms with Crippen LogP contribution in [0.3, 0.4) is 0 Å². The summed E-state index contributed by atoms with van der Waals surface area (Å²) in [6.45, 7) is 0. The Labute approximate surface area is 212 Å². The van der Waals surface area contributed by atoms with Gasteiger partial charge in [-0.25, -0.2) is 0 Å². The number of nitrogens with two attached hydrogens (primary N) is 1. The maximum atomic E-state index is 14.6. The first-order valence-electron chi connectivity index (χ1n) is 11.2. The average molecular weight is 532 g/mol. The molecule has 38 heavy (non-hydrogen) atoms. The predicted octanol–water partition coefficient (Wildman–Crippen LogP) is 7.82. The van der Waals surface area contributed by atoms with Gasteiger partial charge in [-0.1, -0.05) is 12.1 Å². The van der Waals surface area contributed by atoms with E-state index in [0.29, 0.717) is 23.5 Å². The first kappa shape index (κ1) is 25.2. The summed E-state index contributed by atoms with van der Waals surface area (Å²) >= 11 is 0. The van der Waals surface area contributed by atoms with Crippen LogP contribution < -0.4 is 19.9 Å². The van der Waals surface area contributed by atoms with Crippen molar-refractivity contribution in [1.82, 2.24) is 0 Å². The number of anilines is 1. The molecule has 0 fully saturated rings. The maximum absolute atomic E-state index is 14.6. The molecule has 196 valence electrons. The zero-order valence-electron chi connectivity index (χ0n) is 19.3. The number of hydrogen-bond acceptors (Lipinski definition) is 5. The number of alkyl halides is 6. The molecule has 1 heterocycles. The quantitative estimate of drug-likeness (QED) is 0.265. The lowest BCUT2D eigenvalue weighted by Crippen LogP contribution is -2.56. The lowest BCUT2D eigenvalue weighted by molar-refractivity contribution is -0.290. The fourth-order valence-electron chi connectivity index (χ4n) is 4.37. The van der Waals surface area contributed by atoms with E-state index >= 15 is 0 Å². The number of rotatable bonds is 4. The molecule has 3 aromatic rings. The summed E-state index contributed by atoms with van der Waals surface area (Å²) in [4.78, 5) is 0. The van der Waals surface area contributed by atoms with Gasteiger partial charge in [-0.3, -0.25) is 0 Å². The molecule has 0 bridgehead atoms. The SMILES string of the molecule is N=C1C=CC(Oc2ccc3c(c2)Oc2cc(Oc4ccc(N)cc4)ccc2C3(C(F)(F)F)C(F)(F)F)=CC1. The molecule has 3 aromatic carbocycles. The van der Waals surface area contributed by atoms with Crippen molar-refractivity contribution < 1.29 is 40.6 Å². The van der Waals surface area contributed by atoms with Crippen molar-refractivity contribution in [2.45, 2.75) is 24.2 Å². The number of nitrogens with one attached hydrogen (secondary N) is 1. The molecule has 0 aromatic heterocycles. The Kier molecular flexibility index (Phi) is 5.89. The molecule has 0 radical (unpaired) electrons. The number of fused-ring (bicyclic) bond motifs is 2. The van der Waals surface area contributed by atoms with Gasteiger partial charge >= 0.3 is 12.4 Å². The summed E-state index contributed by atoms with van der Waals surface area (Å²) in [6, 6.07) is 11.5. The topological polar surface area (TPSA) is 77.6 Å². The lowest BCUT2D eigenvalue weighted by Gasteiger charge is -2.42. The number of hydrogen-bond donors (Lipinski definition) is 2. The minimum atomic E-state index is -5.77. The highest BCUT2D eigenvalue weighted by molar-refractivity contribution is 5.94. The lowest BCUT2D eigenvalue weighted by atomic mass is 9.71. The molecule has 11 heteroatoms. The highest BCUT2D eigenvalue weighted by Gasteiger charge is 2.75. The van der Waals surface area contributed by atoms with Crippen LogP contribution in [-0.4, -0.2) is 18.1 Å². The van der Waals surface area contributed by atoms with Crippen molar-refractivity contribution in [3.05, 3.63) is 95.8 Å². The summed E-state index contributed by atoms with van der Waals surface area (Å²) in [5.41, 5.74) is -0.192. The Balaban J connectivity index is 1.62. The van der Waals surface area contributed by atoms with Crippen LogP contribution in [0.25, 0.3) is 0 Å². The van der Waals surface area contributed by atoms with Gasteiger partial charge in [0.25, 0.3) is 0 Å². The smallest absolute Gasteiger partial charge is 0.411 e. The molecule has 0 unspecified atom stereocenters. The third kappa shape index (κ3) is 4.23. The van der Waals surface area contributed by atoms with Crippen molar-refractivity contribution >= 4 is 11.4 Å². The number of nitrogen functional groups attached to an aromatic ring is 1. The second kappa shape index (κ2) is 8.86. The normalized spacial score (nSPS) is 16.2. The van der Waals surface area contributed by atoms with Gasteiger partial charge in [0.15, 0.2) is 0 Å². The third-order valence-corrected chi connectivity index (χ3v) is 6.11. The van der Waals surface area contributed by atoms with E-state index in [1.165, 1.54) is 36.4 Å². The van der Waals surface area contributed by atoms with E-state index in [1.54, 1.807) is 6.08 Å². The van der Waals surface area contributed by atoms with Crippen LogP contribution in [0.5, 0.6) is 28.7 Å². The summed E-state index contributed by atoms with van der Waals surface area (Å²) in [6.07, 6.45) is -6.76. The van der Waals surface area contributed by atoms with Gasteiger partial charge in [0.1, 0.15) is 34.5 Å². The van der Waals surface area contributed by atoms with Crippen LogP contribution in [-0.2, 0) is 5.41 Å². The number of halogens is 6. The van der Waals surface area contributed by atoms with Gasteiger partial charge in [0.05, 0.1) is 0 Å². The van der Waals surface area contributed by atoms with Crippen molar-refractivity contribution in [1.29, 1.82) is 5.41 Å². The first-order chi connectivity index (χ1) is 17.9. The Bertz CT molecular complexity index is 1460. The Morgan fingerprint density at radius 2 is 1.26 bits per heavy atom. The summed E-state index contributed by atoms with van der Waals surface area (Å²) in [7, 11) is 0. The van der Waals surface area contributed by atoms with Gasteiger partial charge in [0.2, 0.25) is 5.41 Å². The second-order valence-electron chi connectivity index (χ2n) is 8.61. The average Bonchev–Trinajstić information content (AvgIpc) is 2.83. The molecule has 1 aliphatic heterocycles. The van der Waals surface area contributed by atoms with Crippen LogP contribution in [0, 0.1) is 5.41 Å². The fraction of sp³-hybridized carbons (Fsp3) is 0.148. The zero-order valence-corrected chi connectivity index (χ0v) is 19.3. The van der Waals surface area contributed by atoms with Crippen LogP contribution >= 0.6 is 0 Å². The van der Waals surface area contributed by atoms with Gasteiger partial charge in [0, 0.05) is 41.1 Å². The van der Waals surface area contributed by atoms with E-state index in [-0.39, 0.29) is 29.4 Å². The molecule has 3 N–H and O–H groups in total. The molecule has 0 saturated carbocycles. The van der Waals surface area contributed by atoms with Gasteiger partial charge in [-0.2, -0.15) is 26.3 Å². The minimum Gasteiger partial charge on any atom is -0.458 e. The van der Waals surface area contributed by atoms with E-state index in [2.05, 4.69) is 0 Å². The van der Waals surface area contributed by atoms with Crippen LogP contribution in [0.2, 0.25) is 0 Å². The predicted molar refractivity (Wildman–Crippen MR) is 127 cm³/mol. The number of ether oxygens (including phenoxy) is 3.